The number of fused-ring (bicyclic) bond motifs is 2. The van der Waals surface area contributed by atoms with Crippen LogP contribution in [0.15, 0.2) is 42.5 Å². The number of nitrogens with zero attached hydrogens (tertiary/aromatic N) is 1. The molecule has 140 valence electrons. The molecule has 0 aliphatic carbocycles. The highest BCUT2D eigenvalue weighted by atomic mass is 16.5. The van der Waals surface area contributed by atoms with Gasteiger partial charge in [-0.3, -0.25) is 4.90 Å². The molecule has 0 unspecified atom stereocenters. The maximum atomic E-state index is 11.9. The van der Waals surface area contributed by atoms with Crippen molar-refractivity contribution in [2.24, 2.45) is 0 Å². The van der Waals surface area contributed by atoms with Gasteiger partial charge in [-0.25, -0.2) is 9.59 Å². The molecule has 27 heavy (non-hydrogen) atoms. The number of ether oxygens (including phenoxy) is 1. The molecule has 2 heterocycles. The van der Waals surface area contributed by atoms with E-state index in [0.717, 1.165) is 32.5 Å². The summed E-state index contributed by atoms with van der Waals surface area (Å²) in [5.41, 5.74) is 1.10. The van der Waals surface area contributed by atoms with Crippen LogP contribution >= 0.6 is 0 Å². The zero-order chi connectivity index (χ0) is 19.0. The van der Waals surface area contributed by atoms with Crippen molar-refractivity contribution in [1.29, 1.82) is 0 Å². The third-order valence-electron chi connectivity index (χ3n) is 5.71. The highest BCUT2D eigenvalue weighted by Crippen LogP contribution is 2.48. The maximum Gasteiger partial charge on any atom is 0.337 e. The zero-order valence-electron chi connectivity index (χ0n) is 14.9. The summed E-state index contributed by atoms with van der Waals surface area (Å²) in [6.45, 7) is 2.89. The van der Waals surface area contributed by atoms with Crippen LogP contribution in [-0.2, 0) is 12.0 Å². The second-order valence-corrected chi connectivity index (χ2v) is 7.30. The first kappa shape index (κ1) is 17.5. The molecule has 0 radical (unpaired) electrons. The number of hydrogen-bond acceptors (Lipinski definition) is 4. The first-order chi connectivity index (χ1) is 13.0. The Morgan fingerprint density at radius 2 is 1.70 bits per heavy atom. The fourth-order valence-corrected chi connectivity index (χ4v) is 4.29. The molecule has 2 N–H and O–H groups in total. The van der Waals surface area contributed by atoms with Crippen LogP contribution in [0.2, 0.25) is 0 Å². The number of hydrogen-bond donors (Lipinski definition) is 2. The number of piperidine rings is 1. The first-order valence-corrected chi connectivity index (χ1v) is 9.03. The number of carbonyl (C=O) groups is 2. The molecule has 1 spiro atoms. The summed E-state index contributed by atoms with van der Waals surface area (Å²) in [7, 11) is 0. The lowest BCUT2D eigenvalue weighted by Gasteiger charge is -2.39. The van der Waals surface area contributed by atoms with Gasteiger partial charge in [-0.1, -0.05) is 30.3 Å². The molecule has 1 fully saturated rings. The number of likely N-dealkylation sites (tertiary alicyclic amines) is 1. The van der Waals surface area contributed by atoms with Crippen LogP contribution < -0.4 is 4.74 Å². The van der Waals surface area contributed by atoms with Crippen molar-refractivity contribution < 1.29 is 24.5 Å². The Bertz CT molecular complexity index is 885. The van der Waals surface area contributed by atoms with Gasteiger partial charge < -0.3 is 14.9 Å². The Morgan fingerprint density at radius 3 is 2.33 bits per heavy atom. The van der Waals surface area contributed by atoms with E-state index in [-0.39, 0.29) is 11.1 Å². The van der Waals surface area contributed by atoms with Crippen molar-refractivity contribution in [3.63, 3.8) is 0 Å². The van der Waals surface area contributed by atoms with E-state index in [1.54, 1.807) is 6.07 Å². The second-order valence-electron chi connectivity index (χ2n) is 7.30. The number of carboxylic acid groups (broad SMARTS) is 2. The molecule has 2 aliphatic heterocycles. The number of rotatable bonds is 4. The van der Waals surface area contributed by atoms with E-state index in [4.69, 9.17) is 4.74 Å². The Morgan fingerprint density at radius 1 is 1.00 bits per heavy atom. The quantitative estimate of drug-likeness (QED) is 0.864. The van der Waals surface area contributed by atoms with Crippen molar-refractivity contribution >= 4 is 11.9 Å². The van der Waals surface area contributed by atoms with Gasteiger partial charge >= 0.3 is 11.9 Å². The van der Waals surface area contributed by atoms with E-state index in [2.05, 4.69) is 17.0 Å². The Labute approximate surface area is 157 Å². The molecule has 0 aromatic heterocycles. The molecule has 0 saturated carbocycles. The van der Waals surface area contributed by atoms with Gasteiger partial charge in [-0.2, -0.15) is 0 Å². The molecule has 0 atom stereocenters. The normalized spacial score (nSPS) is 18.1. The van der Waals surface area contributed by atoms with Crippen LogP contribution in [0.5, 0.6) is 5.75 Å². The SMILES string of the molecule is O=C(O)c1ccc2c(c1C(=O)O)C1(CCN(Cc3ccccc3)CC1)CO2. The number of benzene rings is 2. The highest BCUT2D eigenvalue weighted by molar-refractivity contribution is 6.03. The van der Waals surface area contributed by atoms with Crippen molar-refractivity contribution in [1.82, 2.24) is 4.90 Å². The molecular formula is C21H21NO5. The van der Waals surface area contributed by atoms with Crippen LogP contribution in [0, 0.1) is 0 Å². The zero-order valence-corrected chi connectivity index (χ0v) is 14.9. The fourth-order valence-electron chi connectivity index (χ4n) is 4.29. The number of carboxylic acids is 2. The van der Waals surface area contributed by atoms with Crippen LogP contribution in [0.1, 0.15) is 44.7 Å². The van der Waals surface area contributed by atoms with E-state index in [9.17, 15) is 19.8 Å². The lowest BCUT2D eigenvalue weighted by Crippen LogP contribution is -2.44. The third-order valence-corrected chi connectivity index (χ3v) is 5.71. The molecule has 1 saturated heterocycles. The molecule has 4 rings (SSSR count). The van der Waals surface area contributed by atoms with Crippen molar-refractivity contribution in [3.8, 4) is 5.75 Å². The summed E-state index contributed by atoms with van der Waals surface area (Å²) in [5.74, 6) is -1.92. The average molecular weight is 367 g/mol. The topological polar surface area (TPSA) is 87.1 Å². The van der Waals surface area contributed by atoms with Crippen molar-refractivity contribution in [2.45, 2.75) is 24.8 Å². The average Bonchev–Trinajstić information content (AvgIpc) is 3.02. The molecule has 0 amide bonds. The minimum atomic E-state index is -1.22. The van der Waals surface area contributed by atoms with Gasteiger partial charge in [0.2, 0.25) is 0 Å². The Hall–Kier alpha value is -2.86. The summed E-state index contributed by atoms with van der Waals surface area (Å²) < 4.78 is 5.80. The van der Waals surface area contributed by atoms with Gasteiger partial charge in [0.1, 0.15) is 5.75 Å². The molecule has 6 nitrogen and oxygen atoms in total. The molecule has 2 aromatic carbocycles. The summed E-state index contributed by atoms with van der Waals surface area (Å²) in [6.07, 6.45) is 1.49. The van der Waals surface area contributed by atoms with E-state index in [1.165, 1.54) is 11.6 Å². The predicted octanol–water partition coefficient (Wildman–Crippen LogP) is 3.01. The van der Waals surface area contributed by atoms with E-state index >= 15 is 0 Å². The summed E-state index contributed by atoms with van der Waals surface area (Å²) >= 11 is 0. The summed E-state index contributed by atoms with van der Waals surface area (Å²) in [4.78, 5) is 25.8. The van der Waals surface area contributed by atoms with Crippen molar-refractivity contribution in [2.75, 3.05) is 19.7 Å². The predicted molar refractivity (Wildman–Crippen MR) is 98.5 cm³/mol. The molecule has 0 bridgehead atoms. The van der Waals surface area contributed by atoms with E-state index in [0.29, 0.717) is 17.9 Å². The molecule has 2 aromatic rings. The minimum absolute atomic E-state index is 0.117. The van der Waals surface area contributed by atoms with Crippen LogP contribution in [-0.4, -0.2) is 46.7 Å². The summed E-state index contributed by atoms with van der Waals surface area (Å²) in [5, 5.41) is 19.1. The smallest absolute Gasteiger partial charge is 0.337 e. The lowest BCUT2D eigenvalue weighted by atomic mass is 9.72. The molecular weight excluding hydrogens is 346 g/mol. The van der Waals surface area contributed by atoms with Crippen LogP contribution in [0.3, 0.4) is 0 Å². The van der Waals surface area contributed by atoms with Crippen molar-refractivity contribution in [3.05, 3.63) is 64.7 Å². The summed E-state index contributed by atoms with van der Waals surface area (Å²) in [6, 6.07) is 13.2. The molecule has 6 heteroatoms. The molecule has 2 aliphatic rings. The van der Waals surface area contributed by atoms with Crippen LogP contribution in [0.25, 0.3) is 0 Å². The number of aromatic carboxylic acids is 2. The third kappa shape index (κ3) is 3.06. The standard InChI is InChI=1S/C21H21NO5/c23-19(24)15-6-7-16-18(17(15)20(25)26)21(13-27-16)8-10-22(11-9-21)12-14-4-2-1-3-5-14/h1-7H,8-13H2,(H,23,24)(H,25,26). The van der Waals surface area contributed by atoms with Gasteiger partial charge in [-0.15, -0.1) is 0 Å². The second kappa shape index (κ2) is 6.70. The van der Waals surface area contributed by atoms with Gasteiger partial charge in [0.25, 0.3) is 0 Å². The maximum absolute atomic E-state index is 11.9. The Kier molecular flexibility index (Phi) is 4.36. The minimum Gasteiger partial charge on any atom is -0.492 e. The van der Waals surface area contributed by atoms with Gasteiger partial charge in [0.05, 0.1) is 17.7 Å². The Balaban J connectivity index is 1.62. The van der Waals surface area contributed by atoms with E-state index < -0.39 is 17.4 Å². The lowest BCUT2D eigenvalue weighted by molar-refractivity contribution is 0.0647. The van der Waals surface area contributed by atoms with E-state index in [1.807, 2.05) is 18.2 Å². The van der Waals surface area contributed by atoms with Gasteiger partial charge in [0, 0.05) is 17.5 Å². The van der Waals surface area contributed by atoms with Crippen LogP contribution in [0.4, 0.5) is 0 Å². The monoisotopic (exact) mass is 367 g/mol. The largest absolute Gasteiger partial charge is 0.492 e. The van der Waals surface area contributed by atoms with Gasteiger partial charge in [0.15, 0.2) is 0 Å². The van der Waals surface area contributed by atoms with Gasteiger partial charge in [-0.05, 0) is 43.6 Å². The highest BCUT2D eigenvalue weighted by Gasteiger charge is 2.46. The fraction of sp³-hybridized carbons (Fsp3) is 0.333. The first-order valence-electron chi connectivity index (χ1n) is 9.03.